The van der Waals surface area contributed by atoms with Crippen molar-refractivity contribution in [3.63, 3.8) is 0 Å². The number of thioether (sulfide) groups is 1. The Balaban J connectivity index is 1.80. The summed E-state index contributed by atoms with van der Waals surface area (Å²) in [7, 11) is 1.72. The lowest BCUT2D eigenvalue weighted by Gasteiger charge is -2.24. The van der Waals surface area contributed by atoms with Crippen LogP contribution in [0, 0.1) is 0 Å². The van der Waals surface area contributed by atoms with Crippen LogP contribution in [0.1, 0.15) is 30.9 Å². The van der Waals surface area contributed by atoms with Gasteiger partial charge in [0.1, 0.15) is 11.6 Å². The minimum absolute atomic E-state index is 0.524. The van der Waals surface area contributed by atoms with Gasteiger partial charge in [0.05, 0.1) is 7.11 Å². The number of aliphatic imine (C=N–C) groups is 1. The SMILES string of the molecule is CCC1CCN=C(c2ccccc2SCc2cc(Br)ccc2OC)N1. The Bertz CT molecular complexity index is 763. The molecule has 0 aliphatic carbocycles. The smallest absolute Gasteiger partial charge is 0.129 e. The average Bonchev–Trinajstić information content (AvgIpc) is 2.66. The fourth-order valence-electron chi connectivity index (χ4n) is 2.92. The number of nitrogens with one attached hydrogen (secondary N) is 1. The van der Waals surface area contributed by atoms with Gasteiger partial charge in [0.2, 0.25) is 0 Å². The molecule has 2 aromatic rings. The van der Waals surface area contributed by atoms with Crippen LogP contribution >= 0.6 is 27.7 Å². The van der Waals surface area contributed by atoms with Gasteiger partial charge >= 0.3 is 0 Å². The van der Waals surface area contributed by atoms with Crippen molar-refractivity contribution >= 4 is 33.5 Å². The van der Waals surface area contributed by atoms with Crippen LogP contribution in [-0.2, 0) is 5.75 Å². The van der Waals surface area contributed by atoms with Crippen molar-refractivity contribution in [1.29, 1.82) is 0 Å². The van der Waals surface area contributed by atoms with Crippen LogP contribution < -0.4 is 10.1 Å². The Labute approximate surface area is 162 Å². The first-order valence-electron chi connectivity index (χ1n) is 8.57. The molecule has 5 heteroatoms. The second-order valence-corrected chi connectivity index (χ2v) is 7.94. The van der Waals surface area contributed by atoms with E-state index >= 15 is 0 Å². The standard InChI is InChI=1S/C20H23BrN2OS/c1-3-16-10-11-22-20(23-16)17-6-4-5-7-19(17)25-13-14-12-15(21)8-9-18(14)24-2/h4-9,12,16H,3,10-11,13H2,1-2H3,(H,22,23). The number of methoxy groups -OCH3 is 1. The van der Waals surface area contributed by atoms with Crippen molar-refractivity contribution in [2.45, 2.75) is 36.5 Å². The average molecular weight is 419 g/mol. The summed E-state index contributed by atoms with van der Waals surface area (Å²) in [5.41, 5.74) is 2.38. The molecular formula is C20H23BrN2OS. The quantitative estimate of drug-likeness (QED) is 0.648. The fraction of sp³-hybridized carbons (Fsp3) is 0.350. The first-order valence-corrected chi connectivity index (χ1v) is 10.3. The summed E-state index contributed by atoms with van der Waals surface area (Å²) in [4.78, 5) is 5.96. The first kappa shape index (κ1) is 18.3. The van der Waals surface area contributed by atoms with E-state index in [0.717, 1.165) is 41.2 Å². The van der Waals surface area contributed by atoms with Crippen molar-refractivity contribution < 1.29 is 4.74 Å². The molecule has 3 rings (SSSR count). The minimum atomic E-state index is 0.524. The van der Waals surface area contributed by atoms with E-state index in [2.05, 4.69) is 58.5 Å². The van der Waals surface area contributed by atoms with E-state index in [4.69, 9.17) is 9.73 Å². The number of amidine groups is 1. The van der Waals surface area contributed by atoms with E-state index in [1.165, 1.54) is 16.0 Å². The van der Waals surface area contributed by atoms with Crippen LogP contribution in [0.2, 0.25) is 0 Å². The molecule has 0 bridgehead atoms. The van der Waals surface area contributed by atoms with Crippen molar-refractivity contribution in [2.24, 2.45) is 4.99 Å². The van der Waals surface area contributed by atoms with Gasteiger partial charge < -0.3 is 10.1 Å². The van der Waals surface area contributed by atoms with E-state index in [9.17, 15) is 0 Å². The summed E-state index contributed by atoms with van der Waals surface area (Å²) in [5.74, 6) is 2.80. The Morgan fingerprint density at radius 2 is 2.12 bits per heavy atom. The molecule has 1 atom stereocenters. The summed E-state index contributed by atoms with van der Waals surface area (Å²) in [6.45, 7) is 3.13. The highest BCUT2D eigenvalue weighted by atomic mass is 79.9. The maximum absolute atomic E-state index is 5.49. The van der Waals surface area contributed by atoms with E-state index in [1.54, 1.807) is 7.11 Å². The molecule has 1 heterocycles. The fourth-order valence-corrected chi connectivity index (χ4v) is 4.36. The highest BCUT2D eigenvalue weighted by Gasteiger charge is 2.17. The van der Waals surface area contributed by atoms with E-state index in [-0.39, 0.29) is 0 Å². The molecular weight excluding hydrogens is 396 g/mol. The number of ether oxygens (including phenoxy) is 1. The van der Waals surface area contributed by atoms with Gasteiger partial charge in [0.15, 0.2) is 0 Å². The van der Waals surface area contributed by atoms with E-state index < -0.39 is 0 Å². The lowest BCUT2D eigenvalue weighted by molar-refractivity contribution is 0.411. The van der Waals surface area contributed by atoms with Crippen molar-refractivity contribution in [3.8, 4) is 5.75 Å². The highest BCUT2D eigenvalue weighted by molar-refractivity contribution is 9.10. The molecule has 0 fully saturated rings. The molecule has 1 aliphatic heterocycles. The first-order chi connectivity index (χ1) is 12.2. The Morgan fingerprint density at radius 1 is 1.28 bits per heavy atom. The summed E-state index contributed by atoms with van der Waals surface area (Å²) in [6.07, 6.45) is 2.24. The van der Waals surface area contributed by atoms with E-state index in [1.807, 2.05) is 23.9 Å². The molecule has 0 amide bonds. The molecule has 1 aliphatic rings. The third-order valence-electron chi connectivity index (χ3n) is 4.35. The van der Waals surface area contributed by atoms with Gasteiger partial charge in [-0.3, -0.25) is 4.99 Å². The summed E-state index contributed by atoms with van der Waals surface area (Å²) < 4.78 is 6.56. The monoisotopic (exact) mass is 418 g/mol. The molecule has 25 heavy (non-hydrogen) atoms. The predicted octanol–water partition coefficient (Wildman–Crippen LogP) is 5.27. The number of benzene rings is 2. The molecule has 0 saturated carbocycles. The molecule has 0 radical (unpaired) electrons. The van der Waals surface area contributed by atoms with Gasteiger partial charge in [-0.25, -0.2) is 0 Å². The maximum Gasteiger partial charge on any atom is 0.129 e. The zero-order chi connectivity index (χ0) is 17.6. The van der Waals surface area contributed by atoms with Gasteiger partial charge in [-0.2, -0.15) is 0 Å². The third-order valence-corrected chi connectivity index (χ3v) is 5.96. The van der Waals surface area contributed by atoms with Crippen LogP contribution in [0.4, 0.5) is 0 Å². The van der Waals surface area contributed by atoms with Crippen molar-refractivity contribution in [2.75, 3.05) is 13.7 Å². The maximum atomic E-state index is 5.49. The molecule has 2 aromatic carbocycles. The number of halogens is 1. The Hall–Kier alpha value is -1.46. The second-order valence-electron chi connectivity index (χ2n) is 6.01. The number of hydrogen-bond donors (Lipinski definition) is 1. The number of rotatable bonds is 6. The summed E-state index contributed by atoms with van der Waals surface area (Å²) in [5, 5.41) is 3.59. The molecule has 3 nitrogen and oxygen atoms in total. The predicted molar refractivity (Wildman–Crippen MR) is 110 cm³/mol. The second kappa shape index (κ2) is 8.77. The van der Waals surface area contributed by atoms with Crippen molar-refractivity contribution in [1.82, 2.24) is 5.32 Å². The molecule has 0 saturated heterocycles. The Kier molecular flexibility index (Phi) is 6.43. The van der Waals surface area contributed by atoms with Gasteiger partial charge in [0, 0.05) is 38.8 Å². The van der Waals surface area contributed by atoms with Gasteiger partial charge in [0.25, 0.3) is 0 Å². The van der Waals surface area contributed by atoms with Crippen LogP contribution in [0.25, 0.3) is 0 Å². The zero-order valence-electron chi connectivity index (χ0n) is 14.6. The summed E-state index contributed by atoms with van der Waals surface area (Å²) >= 11 is 5.37. The topological polar surface area (TPSA) is 33.6 Å². The van der Waals surface area contributed by atoms with Crippen LogP contribution in [-0.4, -0.2) is 25.5 Å². The highest BCUT2D eigenvalue weighted by Crippen LogP contribution is 2.32. The number of hydrogen-bond acceptors (Lipinski definition) is 4. The van der Waals surface area contributed by atoms with E-state index in [0.29, 0.717) is 6.04 Å². The molecule has 132 valence electrons. The lowest BCUT2D eigenvalue weighted by atomic mass is 10.1. The zero-order valence-corrected chi connectivity index (χ0v) is 17.0. The number of nitrogens with zero attached hydrogens (tertiary/aromatic N) is 1. The van der Waals surface area contributed by atoms with Crippen molar-refractivity contribution in [3.05, 3.63) is 58.1 Å². The lowest BCUT2D eigenvalue weighted by Crippen LogP contribution is -2.39. The minimum Gasteiger partial charge on any atom is -0.496 e. The van der Waals surface area contributed by atoms with Gasteiger partial charge in [-0.15, -0.1) is 11.8 Å². The van der Waals surface area contributed by atoms with Gasteiger partial charge in [-0.1, -0.05) is 41.1 Å². The van der Waals surface area contributed by atoms with Gasteiger partial charge in [-0.05, 0) is 37.1 Å². The Morgan fingerprint density at radius 3 is 2.92 bits per heavy atom. The van der Waals surface area contributed by atoms with Crippen LogP contribution in [0.3, 0.4) is 0 Å². The summed E-state index contributed by atoms with van der Waals surface area (Å²) in [6, 6.07) is 15.2. The van der Waals surface area contributed by atoms with Crippen LogP contribution in [0.15, 0.2) is 56.8 Å². The van der Waals surface area contributed by atoms with Crippen LogP contribution in [0.5, 0.6) is 5.75 Å². The third kappa shape index (κ3) is 4.59. The molecule has 1 N–H and O–H groups in total. The molecule has 1 unspecified atom stereocenters. The largest absolute Gasteiger partial charge is 0.496 e. The molecule has 0 spiro atoms. The molecule has 0 aromatic heterocycles. The normalized spacial score (nSPS) is 16.9.